The zero-order chi connectivity index (χ0) is 26.7. The molecule has 0 saturated heterocycles. The molecule has 206 valence electrons. The first-order valence-electron chi connectivity index (χ1n) is 13.0. The van der Waals surface area contributed by atoms with Crippen LogP contribution in [-0.4, -0.2) is 57.3 Å². The molecule has 37 heavy (non-hydrogen) atoms. The first-order chi connectivity index (χ1) is 16.8. The molecular formula is C28H39ClO8. The fourth-order valence-corrected chi connectivity index (χ4v) is 8.53. The van der Waals surface area contributed by atoms with Crippen LogP contribution in [-0.2, 0) is 28.7 Å². The Hall–Kier alpha value is -2.03. The van der Waals surface area contributed by atoms with E-state index in [1.165, 1.54) is 6.08 Å². The Morgan fingerprint density at radius 3 is 2.41 bits per heavy atom. The molecule has 0 aromatic rings. The van der Waals surface area contributed by atoms with Gasteiger partial charge in [0, 0.05) is 29.6 Å². The Kier molecular flexibility index (Phi) is 7.93. The van der Waals surface area contributed by atoms with E-state index in [4.69, 9.17) is 21.1 Å². The van der Waals surface area contributed by atoms with E-state index in [1.807, 2.05) is 26.8 Å². The summed E-state index contributed by atoms with van der Waals surface area (Å²) in [7, 11) is 0. The highest BCUT2D eigenvalue weighted by atomic mass is 35.5. The SMILES string of the molecule is CCC(=O)OCC(=O)[C@@]1(OC(=O)CC)[C@@H](C)C[C@H]2[C@@H]3CCC4=CC(=O)C=C[C@]4(C)[C@@]3(Cl)[C@@H](O)C[C@@]21C.O. The Morgan fingerprint density at radius 2 is 1.78 bits per heavy atom. The van der Waals surface area contributed by atoms with Crippen LogP contribution in [0.3, 0.4) is 0 Å². The maximum Gasteiger partial charge on any atom is 0.306 e. The number of carbonyl (C=O) groups excluding carboxylic acids is 4. The van der Waals surface area contributed by atoms with Crippen molar-refractivity contribution in [2.45, 2.75) is 89.7 Å². The minimum absolute atomic E-state index is 0. The van der Waals surface area contributed by atoms with Crippen LogP contribution in [0, 0.1) is 28.6 Å². The van der Waals surface area contributed by atoms with E-state index in [9.17, 15) is 24.3 Å². The molecule has 0 spiro atoms. The van der Waals surface area contributed by atoms with Crippen molar-refractivity contribution in [3.63, 3.8) is 0 Å². The molecule has 0 aromatic carbocycles. The Morgan fingerprint density at radius 1 is 1.14 bits per heavy atom. The van der Waals surface area contributed by atoms with Gasteiger partial charge in [-0.3, -0.25) is 19.2 Å². The second-order valence-corrected chi connectivity index (χ2v) is 12.0. The molecule has 8 atom stereocenters. The van der Waals surface area contributed by atoms with Gasteiger partial charge in [0.1, 0.15) is 0 Å². The number of ketones is 2. The number of rotatable bonds is 6. The van der Waals surface area contributed by atoms with Crippen molar-refractivity contribution in [2.24, 2.45) is 28.6 Å². The number of hydrogen-bond acceptors (Lipinski definition) is 7. The standard InChI is InChI=1S/C28H37ClO7.H2O/c1-6-23(33)35-15-22(32)28(36-24(34)7-2)16(3)12-20-19-9-8-17-13-18(30)10-11-25(17,4)27(19,29)21(31)14-26(20,28)5;/h10-11,13,16,19-21,31H,6-9,12,14-15H2,1-5H3;1H2/t16-,19-,20-,21-,25-,26-,27-,28-;/m0./s1. The lowest BCUT2D eigenvalue weighted by molar-refractivity contribution is -0.203. The van der Waals surface area contributed by atoms with Crippen LogP contribution in [0.2, 0.25) is 0 Å². The van der Waals surface area contributed by atoms with Crippen LogP contribution in [0.4, 0.5) is 0 Å². The van der Waals surface area contributed by atoms with Crippen LogP contribution < -0.4 is 0 Å². The lowest BCUT2D eigenvalue weighted by Crippen LogP contribution is -2.69. The Labute approximate surface area is 223 Å². The van der Waals surface area contributed by atoms with Crippen molar-refractivity contribution in [3.05, 3.63) is 23.8 Å². The zero-order valence-electron chi connectivity index (χ0n) is 22.3. The number of allylic oxidation sites excluding steroid dienone is 4. The van der Waals surface area contributed by atoms with Gasteiger partial charge < -0.3 is 20.1 Å². The number of aliphatic hydroxyl groups excluding tert-OH is 1. The highest BCUT2D eigenvalue weighted by Crippen LogP contribution is 2.72. The quantitative estimate of drug-likeness (QED) is 0.404. The van der Waals surface area contributed by atoms with Crippen molar-refractivity contribution in [1.29, 1.82) is 0 Å². The summed E-state index contributed by atoms with van der Waals surface area (Å²) in [5, 5.41) is 11.8. The molecule has 0 aliphatic heterocycles. The Balaban J connectivity index is 0.00000380. The van der Waals surface area contributed by atoms with Gasteiger partial charge in [0.2, 0.25) is 5.78 Å². The number of carbonyl (C=O) groups is 4. The molecule has 3 fully saturated rings. The summed E-state index contributed by atoms with van der Waals surface area (Å²) in [4.78, 5) is 49.5. The highest BCUT2D eigenvalue weighted by Gasteiger charge is 2.76. The number of aliphatic hydroxyl groups is 1. The number of ether oxygens (including phenoxy) is 2. The van der Waals surface area contributed by atoms with Crippen molar-refractivity contribution >= 4 is 35.1 Å². The lowest BCUT2D eigenvalue weighted by atomic mass is 9.45. The smallest absolute Gasteiger partial charge is 0.306 e. The molecule has 4 rings (SSSR count). The predicted molar refractivity (Wildman–Crippen MR) is 137 cm³/mol. The maximum atomic E-state index is 13.9. The van der Waals surface area contributed by atoms with Gasteiger partial charge in [-0.2, -0.15) is 0 Å². The third-order valence-electron chi connectivity index (χ3n) is 9.81. The molecule has 4 aliphatic carbocycles. The monoisotopic (exact) mass is 538 g/mol. The molecule has 3 saturated carbocycles. The van der Waals surface area contributed by atoms with Crippen LogP contribution in [0.5, 0.6) is 0 Å². The molecule has 4 aliphatic rings. The second-order valence-electron chi connectivity index (χ2n) is 11.4. The van der Waals surface area contributed by atoms with Crippen molar-refractivity contribution in [2.75, 3.05) is 6.61 Å². The average Bonchev–Trinajstić information content (AvgIpc) is 3.05. The number of halogens is 1. The molecule has 9 heteroatoms. The number of hydrogen-bond donors (Lipinski definition) is 1. The summed E-state index contributed by atoms with van der Waals surface area (Å²) < 4.78 is 11.3. The van der Waals surface area contributed by atoms with E-state index in [2.05, 4.69) is 0 Å². The van der Waals surface area contributed by atoms with E-state index in [0.29, 0.717) is 19.3 Å². The second kappa shape index (κ2) is 9.93. The van der Waals surface area contributed by atoms with Crippen molar-refractivity contribution in [3.8, 4) is 0 Å². The van der Waals surface area contributed by atoms with Gasteiger partial charge in [-0.25, -0.2) is 0 Å². The van der Waals surface area contributed by atoms with Gasteiger partial charge in [-0.15, -0.1) is 11.6 Å². The molecule has 8 nitrogen and oxygen atoms in total. The first-order valence-corrected chi connectivity index (χ1v) is 13.4. The number of alkyl halides is 1. The number of fused-ring (bicyclic) bond motifs is 5. The van der Waals surface area contributed by atoms with Crippen LogP contribution in [0.1, 0.15) is 73.1 Å². The fourth-order valence-electron chi connectivity index (χ4n) is 8.01. The van der Waals surface area contributed by atoms with E-state index in [0.717, 1.165) is 5.57 Å². The van der Waals surface area contributed by atoms with Crippen molar-refractivity contribution in [1.82, 2.24) is 0 Å². The van der Waals surface area contributed by atoms with Gasteiger partial charge in [0.05, 0.1) is 11.0 Å². The van der Waals surface area contributed by atoms with Gasteiger partial charge >= 0.3 is 11.9 Å². The summed E-state index contributed by atoms with van der Waals surface area (Å²) >= 11 is 7.48. The van der Waals surface area contributed by atoms with E-state index >= 15 is 0 Å². The minimum Gasteiger partial charge on any atom is -0.457 e. The molecule has 0 aromatic heterocycles. The van der Waals surface area contributed by atoms with Gasteiger partial charge in [0.25, 0.3) is 0 Å². The normalized spacial score (nSPS) is 41.9. The summed E-state index contributed by atoms with van der Waals surface area (Å²) in [6.45, 7) is 8.61. The van der Waals surface area contributed by atoms with E-state index in [1.54, 1.807) is 19.9 Å². The summed E-state index contributed by atoms with van der Waals surface area (Å²) in [5.74, 6) is -2.24. The molecule has 0 heterocycles. The summed E-state index contributed by atoms with van der Waals surface area (Å²) in [6, 6.07) is 0. The highest BCUT2D eigenvalue weighted by molar-refractivity contribution is 6.26. The summed E-state index contributed by atoms with van der Waals surface area (Å²) in [6.07, 6.45) is 6.18. The van der Waals surface area contributed by atoms with Crippen LogP contribution in [0.15, 0.2) is 23.8 Å². The lowest BCUT2D eigenvalue weighted by Gasteiger charge is -2.64. The molecular weight excluding hydrogens is 500 g/mol. The fraction of sp³-hybridized carbons (Fsp3) is 0.714. The topological polar surface area (TPSA) is 138 Å². The molecule has 0 bridgehead atoms. The minimum atomic E-state index is -1.55. The predicted octanol–water partition coefficient (Wildman–Crippen LogP) is 3.26. The molecule has 0 radical (unpaired) electrons. The van der Waals surface area contributed by atoms with Gasteiger partial charge in [-0.05, 0) is 49.7 Å². The van der Waals surface area contributed by atoms with Crippen LogP contribution >= 0.6 is 11.6 Å². The van der Waals surface area contributed by atoms with E-state index in [-0.39, 0.29) is 48.3 Å². The van der Waals surface area contributed by atoms with Crippen molar-refractivity contribution < 1.29 is 39.2 Å². The third kappa shape index (κ3) is 3.93. The largest absolute Gasteiger partial charge is 0.457 e. The third-order valence-corrected chi connectivity index (χ3v) is 10.7. The Bertz CT molecular complexity index is 1050. The molecule has 0 unspecified atom stereocenters. The molecule has 0 amide bonds. The zero-order valence-corrected chi connectivity index (χ0v) is 23.0. The van der Waals surface area contributed by atoms with Crippen LogP contribution in [0.25, 0.3) is 0 Å². The number of Topliss-reactive ketones (excluding diaryl/α,β-unsaturated/α-hetero) is 1. The van der Waals surface area contributed by atoms with Gasteiger partial charge in [0.15, 0.2) is 18.0 Å². The number of esters is 2. The summed E-state index contributed by atoms with van der Waals surface area (Å²) in [5.41, 5.74) is -2.27. The first kappa shape index (κ1) is 29.5. The van der Waals surface area contributed by atoms with E-state index < -0.39 is 51.7 Å². The maximum absolute atomic E-state index is 13.9. The average molecular weight is 539 g/mol. The molecule has 3 N–H and O–H groups in total. The van der Waals surface area contributed by atoms with Gasteiger partial charge in [-0.1, -0.05) is 46.3 Å².